The van der Waals surface area contributed by atoms with Gasteiger partial charge in [0.2, 0.25) is 5.28 Å². The molecule has 31 heavy (non-hydrogen) atoms. The van der Waals surface area contributed by atoms with E-state index in [-0.39, 0.29) is 0 Å². The largest absolute Gasteiger partial charge is 0.378 e. The van der Waals surface area contributed by atoms with Crippen LogP contribution < -0.4 is 0 Å². The molecule has 0 saturated heterocycles. The minimum Gasteiger partial charge on any atom is -0.314 e. The average molecular weight is 455 g/mol. The first-order valence-electron chi connectivity index (χ1n) is 13.0. The van der Waals surface area contributed by atoms with Gasteiger partial charge in [0.25, 0.3) is 0 Å². The van der Waals surface area contributed by atoms with Crippen LogP contribution in [0.25, 0.3) is 0 Å². The van der Waals surface area contributed by atoms with Gasteiger partial charge >= 0.3 is 7.68 Å². The van der Waals surface area contributed by atoms with E-state index in [4.69, 9.17) is 0 Å². The molecule has 0 rings (SSSR count). The molecule has 0 bridgehead atoms. The van der Waals surface area contributed by atoms with E-state index in [0.29, 0.717) is 4.48 Å². The van der Waals surface area contributed by atoms with Gasteiger partial charge in [-0.3, -0.25) is 0 Å². The van der Waals surface area contributed by atoms with E-state index in [1.54, 1.807) is 0 Å². The number of nitrogens with zero attached hydrogens (tertiary/aromatic N) is 1. The maximum Gasteiger partial charge on any atom is 0.378 e. The van der Waals surface area contributed by atoms with Crippen molar-refractivity contribution in [2.75, 3.05) is 21.1 Å². The summed E-state index contributed by atoms with van der Waals surface area (Å²) in [5, 5.41) is -0.594. The van der Waals surface area contributed by atoms with E-state index in [0.717, 1.165) is 38.5 Å². The summed E-state index contributed by atoms with van der Waals surface area (Å²) >= 11 is 0. The van der Waals surface area contributed by atoms with Crippen LogP contribution in [0, 0.1) is 0 Å². The lowest BCUT2D eigenvalue weighted by atomic mass is 9.99. The first-order valence-corrected chi connectivity index (χ1v) is 14.2. The Balaban J connectivity index is 3.69. The molecule has 0 aliphatic carbocycles. The maximum absolute atomic E-state index is 12.1. The highest BCUT2D eigenvalue weighted by Crippen LogP contribution is 2.44. The van der Waals surface area contributed by atoms with Crippen LogP contribution in [0.3, 0.4) is 0 Å². The Labute approximate surface area is 195 Å². The third-order valence-corrected chi connectivity index (χ3v) is 8.36. The van der Waals surface area contributed by atoms with Gasteiger partial charge in [0.05, 0.1) is 21.1 Å². The zero-order valence-corrected chi connectivity index (χ0v) is 22.3. The lowest BCUT2D eigenvalue weighted by Gasteiger charge is -2.41. The highest BCUT2D eigenvalue weighted by atomic mass is 31.1. The molecular formula is C27H53NO2P+. The molecule has 0 aliphatic heterocycles. The molecule has 0 amide bonds. The van der Waals surface area contributed by atoms with E-state index < -0.39 is 13.0 Å². The molecule has 0 fully saturated rings. The predicted molar refractivity (Wildman–Crippen MR) is 137 cm³/mol. The van der Waals surface area contributed by atoms with Crippen LogP contribution >= 0.6 is 7.68 Å². The number of rotatable bonds is 22. The summed E-state index contributed by atoms with van der Waals surface area (Å²) < 4.78 is 24.7. The fraction of sp³-hybridized carbons (Fsp3) is 0.852. The van der Waals surface area contributed by atoms with Crippen molar-refractivity contribution in [2.24, 2.45) is 0 Å². The molecule has 0 aliphatic rings. The van der Waals surface area contributed by atoms with Gasteiger partial charge in [-0.25, -0.2) is 9.13 Å². The number of hydrogen-bond donors (Lipinski definition) is 0. The third kappa shape index (κ3) is 14.2. The Morgan fingerprint density at radius 3 is 1.48 bits per heavy atom. The number of unbranched alkanes of at least 4 members (excludes halogenated alkanes) is 13. The van der Waals surface area contributed by atoms with Crippen molar-refractivity contribution in [2.45, 2.75) is 128 Å². The van der Waals surface area contributed by atoms with Gasteiger partial charge in [0.15, 0.2) is 0 Å². The van der Waals surface area contributed by atoms with Crippen LogP contribution in [0.15, 0.2) is 24.8 Å². The van der Waals surface area contributed by atoms with Crippen LogP contribution in [0.1, 0.15) is 122 Å². The normalized spacial score (nSPS) is 14.1. The van der Waals surface area contributed by atoms with Crippen molar-refractivity contribution < 1.29 is 13.6 Å². The molecule has 1 unspecified atom stereocenters. The average Bonchev–Trinajstić information content (AvgIpc) is 2.71. The Hall–Kier alpha value is -0.660. The maximum atomic E-state index is 12.1. The highest BCUT2D eigenvalue weighted by Gasteiger charge is 2.47. The summed E-state index contributed by atoms with van der Waals surface area (Å²) in [6.45, 7) is 5.86. The van der Waals surface area contributed by atoms with Crippen LogP contribution in [-0.4, -0.2) is 30.9 Å². The van der Waals surface area contributed by atoms with Gasteiger partial charge in [0, 0.05) is 12.8 Å². The van der Waals surface area contributed by atoms with Crippen molar-refractivity contribution in [3.63, 3.8) is 0 Å². The molecule has 0 saturated carbocycles. The minimum atomic E-state index is -2.42. The molecule has 182 valence electrons. The number of quaternary nitrogens is 1. The fourth-order valence-corrected chi connectivity index (χ4v) is 5.73. The van der Waals surface area contributed by atoms with E-state index in [2.05, 4.69) is 25.7 Å². The van der Waals surface area contributed by atoms with Crippen molar-refractivity contribution in [3.05, 3.63) is 24.8 Å². The first-order chi connectivity index (χ1) is 14.8. The molecule has 0 aromatic rings. The summed E-state index contributed by atoms with van der Waals surface area (Å²) in [7, 11) is 3.66. The molecule has 0 heterocycles. The van der Waals surface area contributed by atoms with E-state index in [1.807, 2.05) is 27.2 Å². The second-order valence-electron chi connectivity index (χ2n) is 10.1. The molecule has 0 radical (unpaired) electrons. The molecule has 3 nitrogen and oxygen atoms in total. The first kappa shape index (κ1) is 30.3. The Kier molecular flexibility index (Phi) is 18.5. The molecule has 0 aromatic heterocycles. The van der Waals surface area contributed by atoms with Crippen LogP contribution in [0.4, 0.5) is 0 Å². The van der Waals surface area contributed by atoms with Gasteiger partial charge < -0.3 is 4.48 Å². The fourth-order valence-electron chi connectivity index (χ4n) is 4.49. The third-order valence-electron chi connectivity index (χ3n) is 6.63. The smallest absolute Gasteiger partial charge is 0.314 e. The molecule has 0 aromatic carbocycles. The summed E-state index contributed by atoms with van der Waals surface area (Å²) in [6.07, 6.45) is 28.2. The van der Waals surface area contributed by atoms with Crippen molar-refractivity contribution in [1.29, 1.82) is 0 Å². The topological polar surface area (TPSA) is 34.1 Å². The highest BCUT2D eigenvalue weighted by molar-refractivity contribution is 7.32. The molecule has 4 heteroatoms. The summed E-state index contributed by atoms with van der Waals surface area (Å²) in [4.78, 5) is 0. The quantitative estimate of drug-likeness (QED) is 0.0706. The lowest BCUT2D eigenvalue weighted by molar-refractivity contribution is -0.908. The Bertz CT molecular complexity index is 526. The van der Waals surface area contributed by atoms with Crippen molar-refractivity contribution in [3.8, 4) is 0 Å². The molecule has 1 atom stereocenters. The number of hydrogen-bond acceptors (Lipinski definition) is 2. The Morgan fingerprint density at radius 1 is 0.677 bits per heavy atom. The molecule has 0 spiro atoms. The predicted octanol–water partition coefficient (Wildman–Crippen LogP) is 9.35. The van der Waals surface area contributed by atoms with E-state index in [9.17, 15) is 9.13 Å². The lowest BCUT2D eigenvalue weighted by Crippen LogP contribution is -2.53. The minimum absolute atomic E-state index is 0.518. The van der Waals surface area contributed by atoms with Crippen LogP contribution in [0.2, 0.25) is 0 Å². The molecular weight excluding hydrogens is 401 g/mol. The van der Waals surface area contributed by atoms with Gasteiger partial charge in [-0.2, -0.15) is 0 Å². The van der Waals surface area contributed by atoms with E-state index >= 15 is 0 Å². The van der Waals surface area contributed by atoms with Crippen molar-refractivity contribution in [1.82, 2.24) is 0 Å². The van der Waals surface area contributed by atoms with Crippen molar-refractivity contribution >= 4 is 7.68 Å². The van der Waals surface area contributed by atoms with Gasteiger partial charge in [-0.15, -0.1) is 6.58 Å². The zero-order valence-electron chi connectivity index (χ0n) is 21.4. The second kappa shape index (κ2) is 18.9. The standard InChI is InChI=1S/C27H53NO2P/c1-6-8-9-10-11-12-13-14-15-16-17-18-19-20-21-22-23-24-26-27(25-7-2,31(29)30)28(3,4)5/h6,14-15H,1,7-13,16-26H2,2-5H3/q+1. The van der Waals surface area contributed by atoms with Crippen LogP contribution in [0.5, 0.6) is 0 Å². The van der Waals surface area contributed by atoms with Gasteiger partial charge in [-0.05, 0) is 51.4 Å². The monoisotopic (exact) mass is 454 g/mol. The zero-order chi connectivity index (χ0) is 23.4. The summed E-state index contributed by atoms with van der Waals surface area (Å²) in [5.74, 6) is 0. The number of allylic oxidation sites excluding steroid dienone is 3. The van der Waals surface area contributed by atoms with Crippen LogP contribution in [-0.2, 0) is 9.13 Å². The van der Waals surface area contributed by atoms with Gasteiger partial charge in [0.1, 0.15) is 0 Å². The Morgan fingerprint density at radius 2 is 1.10 bits per heavy atom. The molecule has 0 N–H and O–H groups in total. The van der Waals surface area contributed by atoms with E-state index in [1.165, 1.54) is 77.0 Å². The second-order valence-corrected chi connectivity index (χ2v) is 11.5. The summed E-state index contributed by atoms with van der Waals surface area (Å²) in [5.41, 5.74) is 0. The summed E-state index contributed by atoms with van der Waals surface area (Å²) in [6, 6.07) is 0. The SMILES string of the molecule is C=CCCCCCCC=CCCCCCCCCCCC(CCC)(P(=O)=O)[N+](C)(C)C. The van der Waals surface area contributed by atoms with Gasteiger partial charge in [-0.1, -0.05) is 76.5 Å².